The summed E-state index contributed by atoms with van der Waals surface area (Å²) in [5, 5.41) is 10.7. The molecule has 1 rings (SSSR count). The van der Waals surface area contributed by atoms with Crippen LogP contribution in [0.15, 0.2) is 0 Å². The molecule has 2 nitrogen and oxygen atoms in total. The van der Waals surface area contributed by atoms with Crippen molar-refractivity contribution in [2.45, 2.75) is 9.68 Å². The van der Waals surface area contributed by atoms with Gasteiger partial charge in [-0.3, -0.25) is 5.41 Å². The van der Waals surface area contributed by atoms with Gasteiger partial charge in [0, 0.05) is 6.54 Å². The SMILES string of the molecule is N=C1NCCC(I)S1. The van der Waals surface area contributed by atoms with Crippen LogP contribution in [0.2, 0.25) is 0 Å². The van der Waals surface area contributed by atoms with Gasteiger partial charge < -0.3 is 5.32 Å². The van der Waals surface area contributed by atoms with Gasteiger partial charge in [0.1, 0.15) is 0 Å². The highest BCUT2D eigenvalue weighted by Crippen LogP contribution is 2.23. The van der Waals surface area contributed by atoms with Crippen LogP contribution in [0.1, 0.15) is 6.42 Å². The highest BCUT2D eigenvalue weighted by atomic mass is 127. The van der Waals surface area contributed by atoms with Crippen molar-refractivity contribution in [1.82, 2.24) is 5.32 Å². The topological polar surface area (TPSA) is 35.9 Å². The molecule has 1 atom stereocenters. The summed E-state index contributed by atoms with van der Waals surface area (Å²) in [4.78, 5) is 0. The second-order valence-electron chi connectivity index (χ2n) is 1.57. The van der Waals surface area contributed by atoms with Crippen LogP contribution in [-0.4, -0.2) is 15.0 Å². The van der Waals surface area contributed by atoms with E-state index >= 15 is 0 Å². The average molecular weight is 242 g/mol. The smallest absolute Gasteiger partial charge is 0.154 e. The van der Waals surface area contributed by atoms with Crippen molar-refractivity contribution in [1.29, 1.82) is 5.41 Å². The lowest BCUT2D eigenvalue weighted by Crippen LogP contribution is -2.28. The lowest BCUT2D eigenvalue weighted by Gasteiger charge is -2.17. The fourth-order valence-electron chi connectivity index (χ4n) is 0.528. The van der Waals surface area contributed by atoms with E-state index in [2.05, 4.69) is 27.9 Å². The van der Waals surface area contributed by atoms with Crippen molar-refractivity contribution in [3.8, 4) is 0 Å². The van der Waals surface area contributed by atoms with E-state index in [4.69, 9.17) is 5.41 Å². The molecular weight excluding hydrogens is 235 g/mol. The maximum absolute atomic E-state index is 7.17. The molecule has 4 heteroatoms. The first-order chi connectivity index (χ1) is 3.79. The van der Waals surface area contributed by atoms with Gasteiger partial charge in [-0.05, 0) is 6.42 Å². The molecule has 1 aliphatic rings. The van der Waals surface area contributed by atoms with Gasteiger partial charge in [-0.25, -0.2) is 0 Å². The molecule has 0 amide bonds. The first-order valence-corrected chi connectivity index (χ1v) is 4.55. The zero-order valence-electron chi connectivity index (χ0n) is 4.28. The van der Waals surface area contributed by atoms with E-state index in [1.54, 1.807) is 11.8 Å². The van der Waals surface area contributed by atoms with Crippen LogP contribution in [0.3, 0.4) is 0 Å². The number of alkyl halides is 1. The lowest BCUT2D eigenvalue weighted by molar-refractivity contribution is 0.831. The average Bonchev–Trinajstić information content (AvgIpc) is 1.64. The molecule has 0 aliphatic carbocycles. The Bertz CT molecular complexity index is 106. The van der Waals surface area contributed by atoms with Gasteiger partial charge in [0.25, 0.3) is 0 Å². The van der Waals surface area contributed by atoms with E-state index < -0.39 is 0 Å². The maximum atomic E-state index is 7.17. The van der Waals surface area contributed by atoms with Crippen molar-refractivity contribution >= 4 is 39.5 Å². The zero-order chi connectivity index (χ0) is 5.98. The number of nitrogens with one attached hydrogen (secondary N) is 2. The van der Waals surface area contributed by atoms with Crippen LogP contribution < -0.4 is 5.32 Å². The Balaban J connectivity index is 2.34. The number of hydrogen-bond donors (Lipinski definition) is 2. The summed E-state index contributed by atoms with van der Waals surface area (Å²) in [6.45, 7) is 0.972. The van der Waals surface area contributed by atoms with Gasteiger partial charge in [-0.2, -0.15) is 0 Å². The third-order valence-electron chi connectivity index (χ3n) is 0.903. The second kappa shape index (κ2) is 2.91. The van der Waals surface area contributed by atoms with E-state index in [1.165, 1.54) is 6.42 Å². The Morgan fingerprint density at radius 1 is 1.88 bits per heavy atom. The minimum atomic E-state index is 0.612. The minimum absolute atomic E-state index is 0.612. The van der Waals surface area contributed by atoms with E-state index in [1.807, 2.05) is 0 Å². The minimum Gasteiger partial charge on any atom is -0.365 e. The van der Waals surface area contributed by atoms with E-state index in [-0.39, 0.29) is 0 Å². The lowest BCUT2D eigenvalue weighted by atomic mass is 10.5. The summed E-state index contributed by atoms with van der Waals surface area (Å²) in [7, 11) is 0. The molecule has 0 aromatic carbocycles. The van der Waals surface area contributed by atoms with Crippen LogP contribution in [0.4, 0.5) is 0 Å². The molecule has 1 fully saturated rings. The van der Waals surface area contributed by atoms with Crippen molar-refractivity contribution in [3.63, 3.8) is 0 Å². The van der Waals surface area contributed by atoms with Crippen LogP contribution >= 0.6 is 34.4 Å². The third-order valence-corrected chi connectivity index (χ3v) is 3.16. The number of hydrogen-bond acceptors (Lipinski definition) is 2. The molecular formula is C4H7IN2S. The third kappa shape index (κ3) is 1.81. The van der Waals surface area contributed by atoms with E-state index in [0.29, 0.717) is 8.42 Å². The fraction of sp³-hybridized carbons (Fsp3) is 0.750. The molecule has 8 heavy (non-hydrogen) atoms. The fourth-order valence-corrected chi connectivity index (χ4v) is 2.28. The first-order valence-electron chi connectivity index (χ1n) is 2.42. The number of halogens is 1. The molecule has 1 saturated heterocycles. The Hall–Kier alpha value is 0.550. The van der Waals surface area contributed by atoms with Gasteiger partial charge in [0.15, 0.2) is 5.17 Å². The van der Waals surface area contributed by atoms with Gasteiger partial charge in [-0.15, -0.1) is 0 Å². The molecule has 0 spiro atoms. The molecule has 0 radical (unpaired) electrons. The number of amidine groups is 1. The molecule has 1 heterocycles. The van der Waals surface area contributed by atoms with Crippen molar-refractivity contribution in [2.75, 3.05) is 6.54 Å². The molecule has 0 aromatic rings. The molecule has 1 aliphatic heterocycles. The first kappa shape index (κ1) is 6.67. The Morgan fingerprint density at radius 3 is 3.00 bits per heavy atom. The molecule has 46 valence electrons. The second-order valence-corrected chi connectivity index (χ2v) is 5.13. The normalized spacial score (nSPS) is 29.6. The standard InChI is InChI=1S/C4H7IN2S/c5-3-1-2-7-4(6)8-3/h3H,1-2H2,(H2,6,7). The zero-order valence-corrected chi connectivity index (χ0v) is 7.25. The van der Waals surface area contributed by atoms with Crippen LogP contribution in [0, 0.1) is 5.41 Å². The predicted octanol–water partition coefficient (Wildman–Crippen LogP) is 1.41. The molecule has 0 aromatic heterocycles. The maximum Gasteiger partial charge on any atom is 0.154 e. The Morgan fingerprint density at radius 2 is 2.62 bits per heavy atom. The predicted molar refractivity (Wildman–Crippen MR) is 45.7 cm³/mol. The van der Waals surface area contributed by atoms with Crippen molar-refractivity contribution in [2.24, 2.45) is 0 Å². The van der Waals surface area contributed by atoms with Gasteiger partial charge >= 0.3 is 0 Å². The summed E-state index contributed by atoms with van der Waals surface area (Å²) < 4.78 is 0.612. The summed E-state index contributed by atoms with van der Waals surface area (Å²) in [6, 6.07) is 0. The molecule has 2 N–H and O–H groups in total. The van der Waals surface area contributed by atoms with Gasteiger partial charge in [0.05, 0.1) is 3.26 Å². The van der Waals surface area contributed by atoms with Crippen LogP contribution in [0.25, 0.3) is 0 Å². The summed E-state index contributed by atoms with van der Waals surface area (Å²) in [5.74, 6) is 0. The quantitative estimate of drug-likeness (QED) is 0.497. The Labute approximate surface area is 66.4 Å². The van der Waals surface area contributed by atoms with Crippen molar-refractivity contribution < 1.29 is 0 Å². The number of thioether (sulfide) groups is 1. The van der Waals surface area contributed by atoms with Gasteiger partial charge in [-0.1, -0.05) is 34.4 Å². The highest BCUT2D eigenvalue weighted by Gasteiger charge is 2.12. The molecule has 0 bridgehead atoms. The summed E-state index contributed by atoms with van der Waals surface area (Å²) in [5.41, 5.74) is 0. The number of rotatable bonds is 0. The van der Waals surface area contributed by atoms with Gasteiger partial charge in [0.2, 0.25) is 0 Å². The summed E-state index contributed by atoms with van der Waals surface area (Å²) >= 11 is 3.95. The van der Waals surface area contributed by atoms with Crippen molar-refractivity contribution in [3.05, 3.63) is 0 Å². The highest BCUT2D eigenvalue weighted by molar-refractivity contribution is 14.1. The van der Waals surface area contributed by atoms with Crippen LogP contribution in [0.5, 0.6) is 0 Å². The molecule has 1 unspecified atom stereocenters. The van der Waals surface area contributed by atoms with E-state index in [9.17, 15) is 0 Å². The largest absolute Gasteiger partial charge is 0.365 e. The monoisotopic (exact) mass is 242 g/mol. The van der Waals surface area contributed by atoms with Crippen LogP contribution in [-0.2, 0) is 0 Å². The molecule has 0 saturated carbocycles. The van der Waals surface area contributed by atoms with E-state index in [0.717, 1.165) is 6.54 Å². The Kier molecular flexibility index (Phi) is 2.43. The summed E-state index contributed by atoms with van der Waals surface area (Å²) in [6.07, 6.45) is 1.17.